The summed E-state index contributed by atoms with van der Waals surface area (Å²) >= 11 is 0. The quantitative estimate of drug-likeness (QED) is 0.587. The van der Waals surface area contributed by atoms with Crippen LogP contribution in [0.2, 0.25) is 0 Å². The van der Waals surface area contributed by atoms with E-state index in [0.29, 0.717) is 0 Å². The molecule has 0 saturated heterocycles. The largest absolute Gasteiger partial charge is 0.314 e. The van der Waals surface area contributed by atoms with Crippen molar-refractivity contribution >= 4 is 0 Å². The standard InChI is InChI=1S/C8H20N2/c1-4-7(2)5-6-8(3,9)10/h7H,4-6,9-10H2,1-3H3. The van der Waals surface area contributed by atoms with Crippen molar-refractivity contribution in [3.8, 4) is 0 Å². The van der Waals surface area contributed by atoms with Crippen LogP contribution in [0, 0.1) is 5.92 Å². The van der Waals surface area contributed by atoms with Gasteiger partial charge in [-0.1, -0.05) is 20.3 Å². The lowest BCUT2D eigenvalue weighted by Gasteiger charge is -2.20. The maximum atomic E-state index is 5.62. The number of rotatable bonds is 4. The van der Waals surface area contributed by atoms with Gasteiger partial charge in [-0.3, -0.25) is 0 Å². The maximum Gasteiger partial charge on any atom is 0.0607 e. The molecule has 0 aromatic heterocycles. The summed E-state index contributed by atoms with van der Waals surface area (Å²) in [6.07, 6.45) is 3.28. The van der Waals surface area contributed by atoms with Crippen molar-refractivity contribution in [1.82, 2.24) is 0 Å². The van der Waals surface area contributed by atoms with Crippen molar-refractivity contribution in [3.05, 3.63) is 0 Å². The summed E-state index contributed by atoms with van der Waals surface area (Å²) in [6.45, 7) is 6.29. The van der Waals surface area contributed by atoms with Crippen molar-refractivity contribution in [2.24, 2.45) is 17.4 Å². The molecule has 0 fully saturated rings. The molecule has 0 aliphatic carbocycles. The zero-order valence-electron chi connectivity index (χ0n) is 7.35. The summed E-state index contributed by atoms with van der Waals surface area (Å²) in [4.78, 5) is 0. The Morgan fingerprint density at radius 2 is 1.90 bits per heavy atom. The fraction of sp³-hybridized carbons (Fsp3) is 1.00. The first-order chi connectivity index (χ1) is 4.45. The summed E-state index contributed by atoms with van der Waals surface area (Å²) in [6, 6.07) is 0. The predicted molar refractivity (Wildman–Crippen MR) is 45.5 cm³/mol. The molecular formula is C8H20N2. The van der Waals surface area contributed by atoms with Gasteiger partial charge in [0.15, 0.2) is 0 Å². The number of hydrogen-bond donors (Lipinski definition) is 2. The summed E-state index contributed by atoms with van der Waals surface area (Å²) in [7, 11) is 0. The average molecular weight is 144 g/mol. The second kappa shape index (κ2) is 3.94. The Labute approximate surface area is 64.0 Å². The van der Waals surface area contributed by atoms with Crippen LogP contribution in [0.3, 0.4) is 0 Å². The molecule has 0 aromatic carbocycles. The van der Waals surface area contributed by atoms with Gasteiger partial charge in [-0.2, -0.15) is 0 Å². The van der Waals surface area contributed by atoms with Crippen LogP contribution in [0.1, 0.15) is 40.0 Å². The van der Waals surface area contributed by atoms with Crippen molar-refractivity contribution < 1.29 is 0 Å². The van der Waals surface area contributed by atoms with Crippen LogP contribution in [0.15, 0.2) is 0 Å². The molecule has 0 bridgehead atoms. The summed E-state index contributed by atoms with van der Waals surface area (Å²) < 4.78 is 0. The minimum Gasteiger partial charge on any atom is -0.314 e. The Hall–Kier alpha value is -0.0800. The predicted octanol–water partition coefficient (Wildman–Crippen LogP) is 1.45. The van der Waals surface area contributed by atoms with Gasteiger partial charge in [-0.15, -0.1) is 0 Å². The highest BCUT2D eigenvalue weighted by atomic mass is 14.9. The van der Waals surface area contributed by atoms with E-state index < -0.39 is 5.66 Å². The highest BCUT2D eigenvalue weighted by Crippen LogP contribution is 2.12. The minimum atomic E-state index is -0.469. The third-order valence-corrected chi connectivity index (χ3v) is 1.87. The molecule has 62 valence electrons. The smallest absolute Gasteiger partial charge is 0.0607 e. The lowest BCUT2D eigenvalue weighted by molar-refractivity contribution is 0.380. The van der Waals surface area contributed by atoms with Gasteiger partial charge in [-0.05, 0) is 25.7 Å². The Balaban J connectivity index is 3.36. The van der Waals surface area contributed by atoms with E-state index in [9.17, 15) is 0 Å². The minimum absolute atomic E-state index is 0.469. The first-order valence-electron chi connectivity index (χ1n) is 4.03. The Bertz CT molecular complexity index is 83.7. The Morgan fingerprint density at radius 3 is 2.20 bits per heavy atom. The second-order valence-electron chi connectivity index (χ2n) is 3.56. The van der Waals surface area contributed by atoms with Gasteiger partial charge in [0.05, 0.1) is 5.66 Å². The first kappa shape index (κ1) is 9.92. The zero-order valence-corrected chi connectivity index (χ0v) is 7.35. The molecule has 2 heteroatoms. The van der Waals surface area contributed by atoms with E-state index in [2.05, 4.69) is 13.8 Å². The van der Waals surface area contributed by atoms with E-state index in [0.717, 1.165) is 18.8 Å². The van der Waals surface area contributed by atoms with Crippen molar-refractivity contribution in [2.75, 3.05) is 0 Å². The maximum absolute atomic E-state index is 5.62. The van der Waals surface area contributed by atoms with Crippen LogP contribution in [-0.2, 0) is 0 Å². The van der Waals surface area contributed by atoms with Crippen molar-refractivity contribution in [2.45, 2.75) is 45.7 Å². The van der Waals surface area contributed by atoms with Gasteiger partial charge in [0.25, 0.3) is 0 Å². The van der Waals surface area contributed by atoms with E-state index in [1.54, 1.807) is 0 Å². The zero-order chi connectivity index (χ0) is 8.20. The average Bonchev–Trinajstić information content (AvgIpc) is 1.81. The molecule has 4 N–H and O–H groups in total. The van der Waals surface area contributed by atoms with Crippen LogP contribution in [0.25, 0.3) is 0 Å². The van der Waals surface area contributed by atoms with Crippen molar-refractivity contribution in [3.63, 3.8) is 0 Å². The molecule has 0 aliphatic heterocycles. The second-order valence-corrected chi connectivity index (χ2v) is 3.56. The normalized spacial score (nSPS) is 15.3. The van der Waals surface area contributed by atoms with Crippen LogP contribution in [0.5, 0.6) is 0 Å². The molecule has 0 aromatic rings. The van der Waals surface area contributed by atoms with Gasteiger partial charge in [0.1, 0.15) is 0 Å². The summed E-state index contributed by atoms with van der Waals surface area (Å²) in [5.41, 5.74) is 10.8. The van der Waals surface area contributed by atoms with Crippen LogP contribution in [-0.4, -0.2) is 5.66 Å². The fourth-order valence-electron chi connectivity index (χ4n) is 0.762. The SMILES string of the molecule is CCC(C)CCC(C)(N)N. The van der Waals surface area contributed by atoms with Crippen molar-refractivity contribution in [1.29, 1.82) is 0 Å². The highest BCUT2D eigenvalue weighted by Gasteiger charge is 2.11. The van der Waals surface area contributed by atoms with E-state index >= 15 is 0 Å². The van der Waals surface area contributed by atoms with Crippen LogP contribution >= 0.6 is 0 Å². The topological polar surface area (TPSA) is 52.0 Å². The highest BCUT2D eigenvalue weighted by molar-refractivity contribution is 4.70. The van der Waals surface area contributed by atoms with E-state index in [1.807, 2.05) is 6.92 Å². The van der Waals surface area contributed by atoms with Gasteiger partial charge in [0, 0.05) is 0 Å². The molecule has 0 rings (SSSR count). The number of nitrogens with two attached hydrogens (primary N) is 2. The van der Waals surface area contributed by atoms with Gasteiger partial charge < -0.3 is 11.5 Å². The molecule has 0 spiro atoms. The summed E-state index contributed by atoms with van der Waals surface area (Å²) in [5.74, 6) is 0.756. The number of hydrogen-bond acceptors (Lipinski definition) is 2. The molecule has 0 heterocycles. The monoisotopic (exact) mass is 144 g/mol. The summed E-state index contributed by atoms with van der Waals surface area (Å²) in [5, 5.41) is 0. The fourth-order valence-corrected chi connectivity index (χ4v) is 0.762. The third-order valence-electron chi connectivity index (χ3n) is 1.87. The molecule has 0 saturated carbocycles. The van der Waals surface area contributed by atoms with Gasteiger partial charge in [-0.25, -0.2) is 0 Å². The van der Waals surface area contributed by atoms with Crippen LogP contribution < -0.4 is 11.5 Å². The molecule has 0 amide bonds. The lowest BCUT2D eigenvalue weighted by Crippen LogP contribution is -2.46. The first-order valence-corrected chi connectivity index (χ1v) is 4.03. The molecule has 1 unspecified atom stereocenters. The van der Waals surface area contributed by atoms with E-state index in [4.69, 9.17) is 11.5 Å². The Kier molecular flexibility index (Phi) is 3.91. The lowest BCUT2D eigenvalue weighted by atomic mass is 9.98. The van der Waals surface area contributed by atoms with Gasteiger partial charge in [0.2, 0.25) is 0 Å². The molecule has 0 aliphatic rings. The Morgan fingerprint density at radius 1 is 1.40 bits per heavy atom. The van der Waals surface area contributed by atoms with E-state index in [-0.39, 0.29) is 0 Å². The molecule has 1 atom stereocenters. The third kappa shape index (κ3) is 6.05. The van der Waals surface area contributed by atoms with Gasteiger partial charge >= 0.3 is 0 Å². The van der Waals surface area contributed by atoms with Crippen LogP contribution in [0.4, 0.5) is 0 Å². The molecule has 10 heavy (non-hydrogen) atoms. The molecule has 2 nitrogen and oxygen atoms in total. The molecular weight excluding hydrogens is 124 g/mol. The van der Waals surface area contributed by atoms with E-state index in [1.165, 1.54) is 6.42 Å². The molecule has 0 radical (unpaired) electrons.